The van der Waals surface area contributed by atoms with Gasteiger partial charge >= 0.3 is 0 Å². The van der Waals surface area contributed by atoms with Gasteiger partial charge in [-0.25, -0.2) is 0 Å². The molecule has 0 heteroatoms. The zero-order chi connectivity index (χ0) is 12.6. The third-order valence-electron chi connectivity index (χ3n) is 3.41. The third kappa shape index (κ3) is 3.46. The highest BCUT2D eigenvalue weighted by Gasteiger charge is 2.06. The van der Waals surface area contributed by atoms with Crippen LogP contribution < -0.4 is 0 Å². The summed E-state index contributed by atoms with van der Waals surface area (Å²) in [5.74, 6) is 0. The molecule has 1 aliphatic rings. The molecule has 0 atom stereocenters. The summed E-state index contributed by atoms with van der Waals surface area (Å²) in [6, 6.07) is 10.8. The van der Waals surface area contributed by atoms with Crippen molar-refractivity contribution in [1.29, 1.82) is 0 Å². The van der Waals surface area contributed by atoms with E-state index in [4.69, 9.17) is 0 Å². The zero-order valence-electron chi connectivity index (χ0n) is 11.2. The Kier molecular flexibility index (Phi) is 5.01. The number of hydrogen-bond donors (Lipinski definition) is 0. The molecule has 0 saturated carbocycles. The molecule has 0 bridgehead atoms. The molecule has 94 valence electrons. The van der Waals surface area contributed by atoms with Gasteiger partial charge in [0.15, 0.2) is 0 Å². The van der Waals surface area contributed by atoms with Gasteiger partial charge in [-0.05, 0) is 29.6 Å². The van der Waals surface area contributed by atoms with Crippen molar-refractivity contribution >= 4 is 5.57 Å². The maximum atomic E-state index is 2.26. The molecule has 1 aromatic rings. The van der Waals surface area contributed by atoms with Crippen LogP contribution in [0.3, 0.4) is 0 Å². The van der Waals surface area contributed by atoms with Crippen molar-refractivity contribution < 1.29 is 0 Å². The third-order valence-corrected chi connectivity index (χ3v) is 3.41. The maximum Gasteiger partial charge on any atom is -0.0219 e. The minimum absolute atomic E-state index is 1.19. The molecule has 1 aromatic carbocycles. The molecule has 0 fully saturated rings. The maximum absolute atomic E-state index is 2.26. The summed E-state index contributed by atoms with van der Waals surface area (Å²) in [7, 11) is 0. The van der Waals surface area contributed by atoms with Crippen LogP contribution in [0.15, 0.2) is 60.2 Å². The SMILES string of the molecule is CCCCCCC(=C1C=CC=C1)c1ccccc1. The molecule has 0 saturated heterocycles. The van der Waals surface area contributed by atoms with E-state index in [0.29, 0.717) is 0 Å². The molecule has 0 heterocycles. The van der Waals surface area contributed by atoms with Crippen molar-refractivity contribution in [3.8, 4) is 0 Å². The second kappa shape index (κ2) is 7.00. The average molecular weight is 238 g/mol. The van der Waals surface area contributed by atoms with Gasteiger partial charge in [-0.3, -0.25) is 0 Å². The van der Waals surface area contributed by atoms with Crippen LogP contribution in [-0.2, 0) is 0 Å². The highest BCUT2D eigenvalue weighted by Crippen LogP contribution is 2.28. The Bertz CT molecular complexity index is 432. The number of rotatable bonds is 6. The van der Waals surface area contributed by atoms with E-state index >= 15 is 0 Å². The van der Waals surface area contributed by atoms with Gasteiger partial charge < -0.3 is 0 Å². The fourth-order valence-electron chi connectivity index (χ4n) is 2.40. The lowest BCUT2D eigenvalue weighted by molar-refractivity contribution is 0.678. The second-order valence-corrected chi connectivity index (χ2v) is 4.83. The lowest BCUT2D eigenvalue weighted by atomic mass is 9.95. The Morgan fingerprint density at radius 3 is 2.28 bits per heavy atom. The first-order valence-electron chi connectivity index (χ1n) is 7.05. The quantitative estimate of drug-likeness (QED) is 0.571. The fourth-order valence-corrected chi connectivity index (χ4v) is 2.40. The van der Waals surface area contributed by atoms with E-state index < -0.39 is 0 Å². The summed E-state index contributed by atoms with van der Waals surface area (Å²) >= 11 is 0. The fraction of sp³-hybridized carbons (Fsp3) is 0.333. The molecule has 2 rings (SSSR count). The molecule has 0 spiro atoms. The minimum Gasteiger partial charge on any atom is -0.0654 e. The Labute approximate surface area is 111 Å². The van der Waals surface area contributed by atoms with Crippen molar-refractivity contribution in [3.05, 3.63) is 65.8 Å². The first-order valence-corrected chi connectivity index (χ1v) is 7.05. The summed E-state index contributed by atoms with van der Waals surface area (Å²) in [6.07, 6.45) is 15.2. The van der Waals surface area contributed by atoms with E-state index in [9.17, 15) is 0 Å². The topological polar surface area (TPSA) is 0 Å². The van der Waals surface area contributed by atoms with Crippen LogP contribution in [0, 0.1) is 0 Å². The summed E-state index contributed by atoms with van der Waals surface area (Å²) in [5.41, 5.74) is 4.26. The zero-order valence-corrected chi connectivity index (χ0v) is 11.2. The van der Waals surface area contributed by atoms with Crippen molar-refractivity contribution in [3.63, 3.8) is 0 Å². The molecule has 0 radical (unpaired) electrons. The molecule has 0 aliphatic heterocycles. The molecular formula is C18H22. The molecule has 0 unspecified atom stereocenters. The van der Waals surface area contributed by atoms with E-state index in [2.05, 4.69) is 61.6 Å². The van der Waals surface area contributed by atoms with E-state index in [1.165, 1.54) is 48.8 Å². The highest BCUT2D eigenvalue weighted by atomic mass is 14.1. The lowest BCUT2D eigenvalue weighted by Crippen LogP contribution is -1.89. The van der Waals surface area contributed by atoms with Gasteiger partial charge in [-0.1, -0.05) is 80.8 Å². The van der Waals surface area contributed by atoms with Crippen LogP contribution in [0.1, 0.15) is 44.6 Å². The standard InChI is InChI=1S/C18H22/c1-2-3-4-8-15-18(17-13-9-10-14-17)16-11-6-5-7-12-16/h5-7,9-14H,2-4,8,15H2,1H3. The van der Waals surface area contributed by atoms with Crippen molar-refractivity contribution in [2.45, 2.75) is 39.0 Å². The first kappa shape index (κ1) is 12.9. The molecule has 0 amide bonds. The molecule has 0 N–H and O–H groups in total. The lowest BCUT2D eigenvalue weighted by Gasteiger charge is -2.10. The van der Waals surface area contributed by atoms with Gasteiger partial charge in [0, 0.05) is 0 Å². The predicted molar refractivity (Wildman–Crippen MR) is 80.4 cm³/mol. The van der Waals surface area contributed by atoms with Gasteiger partial charge in [-0.15, -0.1) is 0 Å². The Morgan fingerprint density at radius 2 is 1.61 bits per heavy atom. The minimum atomic E-state index is 1.19. The molecule has 18 heavy (non-hydrogen) atoms. The Hall–Kier alpha value is -1.56. The van der Waals surface area contributed by atoms with Crippen LogP contribution in [0.5, 0.6) is 0 Å². The smallest absolute Gasteiger partial charge is 0.0219 e. The normalized spacial score (nSPS) is 13.3. The van der Waals surface area contributed by atoms with Crippen molar-refractivity contribution in [2.24, 2.45) is 0 Å². The van der Waals surface area contributed by atoms with E-state index in [-0.39, 0.29) is 0 Å². The summed E-state index contributed by atoms with van der Waals surface area (Å²) in [6.45, 7) is 2.26. The van der Waals surface area contributed by atoms with Crippen LogP contribution in [0.2, 0.25) is 0 Å². The summed E-state index contributed by atoms with van der Waals surface area (Å²) in [5, 5.41) is 0. The number of unbranched alkanes of at least 4 members (excludes halogenated alkanes) is 3. The van der Waals surface area contributed by atoms with E-state index in [0.717, 1.165) is 0 Å². The second-order valence-electron chi connectivity index (χ2n) is 4.83. The molecule has 1 aliphatic carbocycles. The predicted octanol–water partition coefficient (Wildman–Crippen LogP) is 5.54. The summed E-state index contributed by atoms with van der Waals surface area (Å²) in [4.78, 5) is 0. The Balaban J connectivity index is 2.12. The monoisotopic (exact) mass is 238 g/mol. The first-order chi connectivity index (χ1) is 8.92. The molecule has 0 aromatic heterocycles. The van der Waals surface area contributed by atoms with Gasteiger partial charge in [-0.2, -0.15) is 0 Å². The van der Waals surface area contributed by atoms with E-state index in [1.807, 2.05) is 0 Å². The number of allylic oxidation sites excluding steroid dienone is 6. The van der Waals surface area contributed by atoms with Gasteiger partial charge in [0.05, 0.1) is 0 Å². The largest absolute Gasteiger partial charge is 0.0654 e. The van der Waals surface area contributed by atoms with Crippen LogP contribution in [0.4, 0.5) is 0 Å². The summed E-state index contributed by atoms with van der Waals surface area (Å²) < 4.78 is 0. The van der Waals surface area contributed by atoms with Gasteiger partial charge in [0.2, 0.25) is 0 Å². The highest BCUT2D eigenvalue weighted by molar-refractivity contribution is 5.74. The van der Waals surface area contributed by atoms with Gasteiger partial charge in [0.25, 0.3) is 0 Å². The Morgan fingerprint density at radius 1 is 0.889 bits per heavy atom. The number of benzene rings is 1. The molecule has 0 nitrogen and oxygen atoms in total. The van der Waals surface area contributed by atoms with Crippen LogP contribution >= 0.6 is 0 Å². The van der Waals surface area contributed by atoms with Crippen LogP contribution in [-0.4, -0.2) is 0 Å². The van der Waals surface area contributed by atoms with Crippen molar-refractivity contribution in [2.75, 3.05) is 0 Å². The molecular weight excluding hydrogens is 216 g/mol. The van der Waals surface area contributed by atoms with E-state index in [1.54, 1.807) is 0 Å². The van der Waals surface area contributed by atoms with Crippen molar-refractivity contribution in [1.82, 2.24) is 0 Å². The number of hydrogen-bond acceptors (Lipinski definition) is 0. The average Bonchev–Trinajstić information content (AvgIpc) is 2.94. The van der Waals surface area contributed by atoms with Crippen LogP contribution in [0.25, 0.3) is 5.57 Å². The van der Waals surface area contributed by atoms with Gasteiger partial charge in [0.1, 0.15) is 0 Å².